The van der Waals surface area contributed by atoms with Gasteiger partial charge < -0.3 is 14.2 Å². The van der Waals surface area contributed by atoms with Crippen molar-refractivity contribution in [2.45, 2.75) is 114 Å². The number of halogens is 3. The second kappa shape index (κ2) is 7.84. The molecule has 34 heavy (non-hydrogen) atoms. The van der Waals surface area contributed by atoms with Crippen LogP contribution < -0.4 is 0 Å². The molecule has 0 amide bonds. The molecule has 0 N–H and O–H groups in total. The summed E-state index contributed by atoms with van der Waals surface area (Å²) in [6, 6.07) is 0. The van der Waals surface area contributed by atoms with Gasteiger partial charge in [0.15, 0.2) is 5.41 Å². The Balaban J connectivity index is 1.12. The largest absolute Gasteiger partial charge is 0.458 e. The summed E-state index contributed by atoms with van der Waals surface area (Å²) in [5.41, 5.74) is -3.73. The molecule has 3 unspecified atom stereocenters. The van der Waals surface area contributed by atoms with Crippen molar-refractivity contribution in [3.63, 3.8) is 0 Å². The van der Waals surface area contributed by atoms with Gasteiger partial charge in [-0.25, -0.2) is 0 Å². The summed E-state index contributed by atoms with van der Waals surface area (Å²) in [4.78, 5) is 12.9. The van der Waals surface area contributed by atoms with Crippen LogP contribution in [-0.4, -0.2) is 36.2 Å². The number of ether oxygens (including phenoxy) is 3. The average molecular weight is 485 g/mol. The summed E-state index contributed by atoms with van der Waals surface area (Å²) < 4.78 is 59.9. The highest BCUT2D eigenvalue weighted by atomic mass is 19.4. The molecule has 7 heteroatoms. The highest BCUT2D eigenvalue weighted by Gasteiger charge is 2.63. The highest BCUT2D eigenvalue weighted by Crippen LogP contribution is 2.61. The summed E-state index contributed by atoms with van der Waals surface area (Å²) >= 11 is 0. The zero-order chi connectivity index (χ0) is 23.9. The second-order valence-corrected chi connectivity index (χ2v) is 13.2. The minimum absolute atomic E-state index is 0.256. The van der Waals surface area contributed by atoms with Crippen molar-refractivity contribution >= 4 is 5.97 Å². The predicted molar refractivity (Wildman–Crippen MR) is 119 cm³/mol. The second-order valence-electron chi connectivity index (χ2n) is 13.2. The number of alkyl halides is 3. The zero-order valence-corrected chi connectivity index (χ0v) is 20.5. The molecular weight excluding hydrogens is 445 g/mol. The first kappa shape index (κ1) is 23.6. The Bertz CT molecular complexity index is 783. The predicted octanol–water partition coefficient (Wildman–Crippen LogP) is 6.42. The van der Waals surface area contributed by atoms with E-state index in [0.29, 0.717) is 49.0 Å². The zero-order valence-electron chi connectivity index (χ0n) is 20.5. The number of hydrogen-bond donors (Lipinski definition) is 0. The molecule has 3 atom stereocenters. The summed E-state index contributed by atoms with van der Waals surface area (Å²) in [6.45, 7) is 2.63. The Labute approximate surface area is 200 Å². The lowest BCUT2D eigenvalue weighted by atomic mass is 9.52. The van der Waals surface area contributed by atoms with E-state index in [1.165, 1.54) is 39.0 Å². The van der Waals surface area contributed by atoms with Crippen molar-refractivity contribution in [2.75, 3.05) is 6.79 Å². The Kier molecular flexibility index (Phi) is 5.43. The molecule has 8 aliphatic carbocycles. The van der Waals surface area contributed by atoms with Crippen molar-refractivity contribution in [3.05, 3.63) is 0 Å². The van der Waals surface area contributed by atoms with Crippen molar-refractivity contribution in [1.29, 1.82) is 0 Å². The van der Waals surface area contributed by atoms with Gasteiger partial charge in [0.05, 0.1) is 11.7 Å². The molecule has 0 aromatic rings. The van der Waals surface area contributed by atoms with E-state index >= 15 is 0 Å². The summed E-state index contributed by atoms with van der Waals surface area (Å²) in [7, 11) is 0. The standard InChI is InChI=1S/C27H39F3O4/c1-3-24(2,27(28,29)30)23(31)34-26-12-18-5-19(13-26)11-25(10-18,14-26)33-15-32-22-20-6-16-4-17(8-20)9-21(22)7-16/h16-22H,3-15H2,1-2H3. The third-order valence-corrected chi connectivity index (χ3v) is 10.8. The van der Waals surface area contributed by atoms with Crippen LogP contribution in [0, 0.1) is 40.9 Å². The van der Waals surface area contributed by atoms with Crippen LogP contribution in [0.1, 0.15) is 90.9 Å². The third-order valence-electron chi connectivity index (χ3n) is 10.8. The first-order valence-corrected chi connectivity index (χ1v) is 13.6. The number of hydrogen-bond acceptors (Lipinski definition) is 4. The molecule has 0 spiro atoms. The van der Waals surface area contributed by atoms with Crippen LogP contribution in [0.25, 0.3) is 0 Å². The van der Waals surface area contributed by atoms with Gasteiger partial charge in [0.1, 0.15) is 12.4 Å². The summed E-state index contributed by atoms with van der Waals surface area (Å²) in [5, 5.41) is 0. The maximum atomic E-state index is 13.7. The minimum Gasteiger partial charge on any atom is -0.458 e. The number of carbonyl (C=O) groups excluding carboxylic acids is 1. The SMILES string of the molecule is CCC(C)(C(=O)OC12CC3CC(CC(OCOC4C5CC6CC(C5)CC4C6)(C3)C1)C2)C(F)(F)F. The van der Waals surface area contributed by atoms with E-state index in [1.54, 1.807) is 0 Å². The van der Waals surface area contributed by atoms with E-state index in [0.717, 1.165) is 38.0 Å². The monoisotopic (exact) mass is 484 g/mol. The van der Waals surface area contributed by atoms with E-state index in [1.807, 2.05) is 0 Å². The van der Waals surface area contributed by atoms with Gasteiger partial charge >= 0.3 is 12.1 Å². The smallest absolute Gasteiger partial charge is 0.404 e. The van der Waals surface area contributed by atoms with E-state index in [9.17, 15) is 18.0 Å². The normalized spacial score (nSPS) is 48.2. The molecule has 8 bridgehead atoms. The Morgan fingerprint density at radius 2 is 1.38 bits per heavy atom. The maximum absolute atomic E-state index is 13.7. The van der Waals surface area contributed by atoms with Crippen molar-refractivity contribution in [1.82, 2.24) is 0 Å². The summed E-state index contributed by atoms with van der Waals surface area (Å²) in [6.07, 6.45) is 6.62. The van der Waals surface area contributed by atoms with Crippen molar-refractivity contribution < 1.29 is 32.2 Å². The van der Waals surface area contributed by atoms with E-state index in [2.05, 4.69) is 0 Å². The molecule has 8 rings (SSSR count). The fourth-order valence-electron chi connectivity index (χ4n) is 9.54. The first-order valence-electron chi connectivity index (χ1n) is 13.6. The lowest BCUT2D eigenvalue weighted by Gasteiger charge is -2.61. The number of esters is 1. The van der Waals surface area contributed by atoms with Gasteiger partial charge in [-0.2, -0.15) is 13.2 Å². The Morgan fingerprint density at radius 3 is 1.91 bits per heavy atom. The van der Waals surface area contributed by atoms with Crippen molar-refractivity contribution in [3.8, 4) is 0 Å². The van der Waals surface area contributed by atoms with Crippen LogP contribution >= 0.6 is 0 Å². The van der Waals surface area contributed by atoms with Crippen LogP contribution in [0.5, 0.6) is 0 Å². The molecule has 0 aromatic heterocycles. The van der Waals surface area contributed by atoms with Crippen LogP contribution in [0.15, 0.2) is 0 Å². The van der Waals surface area contributed by atoms with Crippen LogP contribution in [0.4, 0.5) is 13.2 Å². The minimum atomic E-state index is -4.62. The van der Waals surface area contributed by atoms with Gasteiger partial charge in [-0.05, 0) is 113 Å². The maximum Gasteiger partial charge on any atom is 0.404 e. The lowest BCUT2D eigenvalue weighted by Crippen LogP contribution is -2.62. The quantitative estimate of drug-likeness (QED) is 0.309. The van der Waals surface area contributed by atoms with Crippen LogP contribution in [-0.2, 0) is 19.0 Å². The van der Waals surface area contributed by atoms with Gasteiger partial charge in [0.25, 0.3) is 0 Å². The van der Waals surface area contributed by atoms with E-state index < -0.39 is 28.8 Å². The fourth-order valence-corrected chi connectivity index (χ4v) is 9.54. The highest BCUT2D eigenvalue weighted by molar-refractivity contribution is 5.78. The molecule has 4 nitrogen and oxygen atoms in total. The molecule has 0 heterocycles. The average Bonchev–Trinajstić information content (AvgIpc) is 2.72. The molecule has 8 saturated carbocycles. The van der Waals surface area contributed by atoms with Gasteiger partial charge in [-0.1, -0.05) is 6.92 Å². The molecule has 0 radical (unpaired) electrons. The van der Waals surface area contributed by atoms with Crippen LogP contribution in [0.2, 0.25) is 0 Å². The molecule has 0 aliphatic heterocycles. The molecule has 192 valence electrons. The lowest BCUT2D eigenvalue weighted by molar-refractivity contribution is -0.279. The molecule has 8 fully saturated rings. The molecular formula is C27H39F3O4. The third kappa shape index (κ3) is 3.74. The van der Waals surface area contributed by atoms with Crippen molar-refractivity contribution in [2.24, 2.45) is 40.9 Å². The first-order chi connectivity index (χ1) is 16.0. The van der Waals surface area contributed by atoms with Gasteiger partial charge in [-0.15, -0.1) is 0 Å². The van der Waals surface area contributed by atoms with E-state index in [-0.39, 0.29) is 13.2 Å². The molecule has 0 saturated heterocycles. The van der Waals surface area contributed by atoms with Gasteiger partial charge in [0.2, 0.25) is 0 Å². The Hall–Kier alpha value is -0.820. The fraction of sp³-hybridized carbons (Fsp3) is 0.963. The van der Waals surface area contributed by atoms with E-state index in [4.69, 9.17) is 14.2 Å². The topological polar surface area (TPSA) is 44.8 Å². The van der Waals surface area contributed by atoms with Gasteiger partial charge in [-0.3, -0.25) is 4.79 Å². The van der Waals surface area contributed by atoms with Crippen LogP contribution in [0.3, 0.4) is 0 Å². The molecule has 8 aliphatic rings. The number of rotatable bonds is 7. The number of carbonyl (C=O) groups is 1. The Morgan fingerprint density at radius 1 is 0.853 bits per heavy atom. The molecule has 0 aromatic carbocycles. The van der Waals surface area contributed by atoms with Gasteiger partial charge in [0, 0.05) is 6.42 Å². The summed E-state index contributed by atoms with van der Waals surface area (Å²) in [5.74, 6) is 2.68.